The number of hydrogen-bond donors (Lipinski definition) is 0. The number of pyridine rings is 1. The minimum absolute atomic E-state index is 0.0505. The van der Waals surface area contributed by atoms with Crippen molar-refractivity contribution >= 4 is 11.2 Å². The van der Waals surface area contributed by atoms with Gasteiger partial charge in [-0.1, -0.05) is 12.1 Å². The van der Waals surface area contributed by atoms with Crippen molar-refractivity contribution in [3.63, 3.8) is 0 Å². The summed E-state index contributed by atoms with van der Waals surface area (Å²) in [5, 5.41) is 7.59. The third-order valence-electron chi connectivity index (χ3n) is 3.40. The summed E-state index contributed by atoms with van der Waals surface area (Å²) in [7, 11) is 0. The van der Waals surface area contributed by atoms with Gasteiger partial charge in [0.1, 0.15) is 11.5 Å². The van der Waals surface area contributed by atoms with Gasteiger partial charge in [-0.3, -0.25) is 4.98 Å². The molecule has 0 amide bonds. The Balaban J connectivity index is 1.97. The van der Waals surface area contributed by atoms with Crippen LogP contribution >= 0.6 is 0 Å². The molecule has 2 atom stereocenters. The first-order valence-corrected chi connectivity index (χ1v) is 8.16. The maximum atomic E-state index is 14.9. The second-order valence-corrected chi connectivity index (χ2v) is 6.49. The lowest BCUT2D eigenvalue weighted by Crippen LogP contribution is -2.23. The maximum absolute atomic E-state index is 14.9. The summed E-state index contributed by atoms with van der Waals surface area (Å²) < 4.78 is 77.8. The zero-order chi connectivity index (χ0) is 18.9. The second kappa shape index (κ2) is 7.00. The second-order valence-electron chi connectivity index (χ2n) is 5.02. The van der Waals surface area contributed by atoms with Crippen LogP contribution in [0.4, 0.5) is 22.0 Å². The van der Waals surface area contributed by atoms with Crippen molar-refractivity contribution in [1.82, 2.24) is 20.0 Å². The van der Waals surface area contributed by atoms with Crippen LogP contribution in [0.1, 0.15) is 17.3 Å². The molecule has 0 aliphatic rings. The highest BCUT2D eigenvalue weighted by Gasteiger charge is 2.46. The van der Waals surface area contributed by atoms with Crippen molar-refractivity contribution in [3.8, 4) is 5.69 Å². The molecule has 0 aliphatic heterocycles. The van der Waals surface area contributed by atoms with E-state index >= 15 is 0 Å². The average Bonchev–Trinajstić information content (AvgIpc) is 3.14. The van der Waals surface area contributed by atoms with Gasteiger partial charge in [0.05, 0.1) is 41.5 Å². The lowest BCUT2D eigenvalue weighted by molar-refractivity contribution is -0.0435. The summed E-state index contributed by atoms with van der Waals surface area (Å²) in [5.74, 6) is -0.963. The van der Waals surface area contributed by atoms with Crippen molar-refractivity contribution in [2.45, 2.75) is 16.6 Å². The zero-order valence-corrected chi connectivity index (χ0v) is 13.5. The number of alkyl halides is 4. The molecule has 2 heterocycles. The molecular formula is C15H9F5N4OS. The summed E-state index contributed by atoms with van der Waals surface area (Å²) in [6, 6.07) is 3.81. The van der Waals surface area contributed by atoms with Crippen molar-refractivity contribution in [2.24, 2.45) is 0 Å². The van der Waals surface area contributed by atoms with Crippen LogP contribution in [0.3, 0.4) is 0 Å². The molecule has 5 nitrogen and oxygen atoms in total. The zero-order valence-electron chi connectivity index (χ0n) is 12.7. The lowest BCUT2D eigenvalue weighted by Gasteiger charge is -2.15. The van der Waals surface area contributed by atoms with Gasteiger partial charge in [-0.15, -0.1) is 18.0 Å². The van der Waals surface area contributed by atoms with Gasteiger partial charge in [0.15, 0.2) is 11.1 Å². The summed E-state index contributed by atoms with van der Waals surface area (Å²) >= 11 is -3.23. The van der Waals surface area contributed by atoms with Gasteiger partial charge in [0.25, 0.3) is 0 Å². The van der Waals surface area contributed by atoms with E-state index in [2.05, 4.69) is 15.2 Å². The molecule has 1 aromatic carbocycles. The van der Waals surface area contributed by atoms with Crippen LogP contribution in [0.2, 0.25) is 0 Å². The van der Waals surface area contributed by atoms with E-state index in [1.54, 1.807) is 0 Å². The van der Waals surface area contributed by atoms with Gasteiger partial charge in [-0.25, -0.2) is 8.78 Å². The number of halogens is 5. The van der Waals surface area contributed by atoms with Gasteiger partial charge in [-0.2, -0.15) is 10.2 Å². The monoisotopic (exact) mass is 388 g/mol. The van der Waals surface area contributed by atoms with Crippen LogP contribution in [-0.4, -0.2) is 30.0 Å². The molecule has 0 aliphatic carbocycles. The van der Waals surface area contributed by atoms with E-state index in [0.29, 0.717) is 0 Å². The highest BCUT2D eigenvalue weighted by molar-refractivity contribution is 7.92. The van der Waals surface area contributed by atoms with Crippen molar-refractivity contribution in [1.29, 1.82) is 0 Å². The molecule has 2 unspecified atom stereocenters. The summed E-state index contributed by atoms with van der Waals surface area (Å²) in [4.78, 5) is 4.08. The van der Waals surface area contributed by atoms with Crippen LogP contribution in [-0.2, 0) is 11.2 Å². The van der Waals surface area contributed by atoms with E-state index < -0.39 is 39.1 Å². The van der Waals surface area contributed by atoms with Gasteiger partial charge < -0.3 is 4.55 Å². The quantitative estimate of drug-likeness (QED) is 0.507. The fourth-order valence-corrected chi connectivity index (χ4v) is 2.90. The topological polar surface area (TPSA) is 66.7 Å². The average molecular weight is 388 g/mol. The molecule has 2 aromatic heterocycles. The van der Waals surface area contributed by atoms with E-state index in [1.807, 2.05) is 0 Å². The van der Waals surface area contributed by atoms with E-state index in [1.165, 1.54) is 12.4 Å². The number of benzene rings is 1. The Morgan fingerprint density at radius 3 is 2.23 bits per heavy atom. The minimum atomic E-state index is -4.92. The smallest absolute Gasteiger partial charge is 0.578 e. The van der Waals surface area contributed by atoms with Crippen LogP contribution in [0.25, 0.3) is 5.69 Å². The molecule has 3 aromatic rings. The molecule has 136 valence electrons. The number of aromatic nitrogens is 4. The third-order valence-corrected chi connectivity index (χ3v) is 4.52. The Morgan fingerprint density at radius 1 is 1.04 bits per heavy atom. The van der Waals surface area contributed by atoms with E-state index in [0.717, 1.165) is 41.5 Å². The van der Waals surface area contributed by atoms with Gasteiger partial charge in [0.2, 0.25) is 0 Å². The lowest BCUT2D eigenvalue weighted by atomic mass is 10.0. The molecule has 11 heteroatoms. The van der Waals surface area contributed by atoms with Gasteiger partial charge >= 0.3 is 5.51 Å². The van der Waals surface area contributed by atoms with Crippen LogP contribution in [0.5, 0.6) is 0 Å². The molecule has 0 saturated heterocycles. The molecule has 0 N–H and O–H groups in total. The van der Waals surface area contributed by atoms with Crippen LogP contribution < -0.4 is 0 Å². The highest BCUT2D eigenvalue weighted by atomic mass is 32.2. The number of nitrogens with zero attached hydrogens (tertiary/aromatic N) is 4. The van der Waals surface area contributed by atoms with E-state index in [4.69, 9.17) is 0 Å². The van der Waals surface area contributed by atoms with E-state index in [9.17, 15) is 26.5 Å². The maximum Gasteiger partial charge on any atom is 0.578 e. The summed E-state index contributed by atoms with van der Waals surface area (Å²) in [6.07, 6.45) is 2.57. The molecule has 0 spiro atoms. The van der Waals surface area contributed by atoms with Crippen LogP contribution in [0, 0.1) is 5.82 Å². The molecule has 0 fully saturated rings. The molecule has 0 saturated carbocycles. The molecular weight excluding hydrogens is 379 g/mol. The molecule has 0 bridgehead atoms. The SMILES string of the molecule is [O-][S+](c1ccc(C(F)c2c(F)cncc2-n2nccn2)cc1)C(F)(F)F. The largest absolute Gasteiger partial charge is 0.604 e. The first kappa shape index (κ1) is 18.3. The predicted molar refractivity (Wildman–Crippen MR) is 81.0 cm³/mol. The summed E-state index contributed by atoms with van der Waals surface area (Å²) in [6.45, 7) is 0. The highest BCUT2D eigenvalue weighted by Crippen LogP contribution is 2.34. The fourth-order valence-electron chi connectivity index (χ4n) is 2.25. The fraction of sp³-hybridized carbons (Fsp3) is 0.133. The van der Waals surface area contributed by atoms with Gasteiger partial charge in [0, 0.05) is 0 Å². The van der Waals surface area contributed by atoms with Crippen molar-refractivity contribution in [3.05, 3.63) is 66.0 Å². The third kappa shape index (κ3) is 3.53. The van der Waals surface area contributed by atoms with Gasteiger partial charge in [-0.05, 0) is 17.7 Å². The molecule has 0 radical (unpaired) electrons. The first-order chi connectivity index (χ1) is 12.3. The molecule has 3 rings (SSSR count). The first-order valence-electron chi connectivity index (χ1n) is 7.01. The van der Waals surface area contributed by atoms with Crippen molar-refractivity contribution < 1.29 is 26.5 Å². The standard InChI is InChI=1S/C15H9F5N4OS/c16-11-7-21-8-12(24-22-5-6-23-24)13(11)14(17)9-1-3-10(4-2-9)26(25)15(18,19)20/h1-8,14H. The van der Waals surface area contributed by atoms with Crippen molar-refractivity contribution in [2.75, 3.05) is 0 Å². The molecule has 26 heavy (non-hydrogen) atoms. The van der Waals surface area contributed by atoms with E-state index in [-0.39, 0.29) is 11.3 Å². The predicted octanol–water partition coefficient (Wildman–Crippen LogP) is 3.49. The number of rotatable bonds is 4. The normalized spacial score (nSPS) is 14.2. The Morgan fingerprint density at radius 2 is 1.65 bits per heavy atom. The minimum Gasteiger partial charge on any atom is -0.604 e. The van der Waals surface area contributed by atoms with Crippen LogP contribution in [0.15, 0.2) is 53.9 Å². The Bertz CT molecular complexity index is 886. The Hall–Kier alpha value is -2.53. The summed E-state index contributed by atoms with van der Waals surface area (Å²) in [5.41, 5.74) is -5.51. The Kier molecular flexibility index (Phi) is 4.92. The Labute approximate surface area is 146 Å². The number of hydrogen-bond acceptors (Lipinski definition) is 4.